The van der Waals surface area contributed by atoms with Gasteiger partial charge in [0.1, 0.15) is 17.6 Å². The van der Waals surface area contributed by atoms with E-state index in [-0.39, 0.29) is 36.2 Å². The van der Waals surface area contributed by atoms with Crippen molar-refractivity contribution in [2.45, 2.75) is 65.5 Å². The first-order valence-corrected chi connectivity index (χ1v) is 11.2. The van der Waals surface area contributed by atoms with Gasteiger partial charge in [-0.05, 0) is 54.2 Å². The number of halogens is 1. The first-order chi connectivity index (χ1) is 15.1. The summed E-state index contributed by atoms with van der Waals surface area (Å²) in [6.07, 6.45) is 1.84. The summed E-state index contributed by atoms with van der Waals surface area (Å²) in [5.41, 5.74) is 1.94. The van der Waals surface area contributed by atoms with E-state index in [0.717, 1.165) is 18.4 Å². The van der Waals surface area contributed by atoms with Crippen LogP contribution in [0.1, 0.15) is 58.6 Å². The van der Waals surface area contributed by atoms with E-state index < -0.39 is 6.04 Å². The second kappa shape index (κ2) is 11.7. The molecule has 0 fully saturated rings. The van der Waals surface area contributed by atoms with Gasteiger partial charge >= 0.3 is 0 Å². The van der Waals surface area contributed by atoms with E-state index >= 15 is 0 Å². The summed E-state index contributed by atoms with van der Waals surface area (Å²) < 4.78 is 19.0. The lowest BCUT2D eigenvalue weighted by Crippen LogP contribution is -2.49. The minimum atomic E-state index is -0.684. The number of benzene rings is 2. The summed E-state index contributed by atoms with van der Waals surface area (Å²) in [6.45, 7) is 10.7. The standard InChI is InChI=1S/C26H35FN2O3/c1-6-7-16-28-25(31)19(2)29(17-20-8-12-22(27)13-9-20)24(30)18-32-23-14-10-21(11-15-23)26(3,4)5/h8-15,19H,6-7,16-18H2,1-5H3,(H,28,31)/t19-/m1/s1. The molecule has 2 aromatic rings. The van der Waals surface area contributed by atoms with E-state index in [9.17, 15) is 14.0 Å². The molecular weight excluding hydrogens is 407 g/mol. The van der Waals surface area contributed by atoms with Crippen LogP contribution in [0.4, 0.5) is 4.39 Å². The summed E-state index contributed by atoms with van der Waals surface area (Å²) in [4.78, 5) is 27.1. The number of rotatable bonds is 10. The van der Waals surface area contributed by atoms with Crippen molar-refractivity contribution < 1.29 is 18.7 Å². The zero-order chi connectivity index (χ0) is 23.7. The molecule has 6 heteroatoms. The lowest BCUT2D eigenvalue weighted by atomic mass is 9.87. The van der Waals surface area contributed by atoms with Crippen molar-refractivity contribution in [3.8, 4) is 5.75 Å². The number of hydrogen-bond acceptors (Lipinski definition) is 3. The van der Waals surface area contributed by atoms with E-state index in [1.54, 1.807) is 19.1 Å². The molecule has 174 valence electrons. The van der Waals surface area contributed by atoms with Gasteiger partial charge in [-0.3, -0.25) is 9.59 Å². The molecule has 0 aliphatic carbocycles. The van der Waals surface area contributed by atoms with Gasteiger partial charge in [-0.25, -0.2) is 4.39 Å². The van der Waals surface area contributed by atoms with Crippen molar-refractivity contribution >= 4 is 11.8 Å². The van der Waals surface area contributed by atoms with Crippen LogP contribution in [0.3, 0.4) is 0 Å². The predicted octanol–water partition coefficient (Wildman–Crippen LogP) is 4.84. The van der Waals surface area contributed by atoms with E-state index in [1.165, 1.54) is 22.6 Å². The normalized spacial score (nSPS) is 12.2. The fourth-order valence-corrected chi connectivity index (χ4v) is 3.18. The summed E-state index contributed by atoms with van der Waals surface area (Å²) in [7, 11) is 0. The van der Waals surface area contributed by atoms with Crippen molar-refractivity contribution in [1.82, 2.24) is 10.2 Å². The summed E-state index contributed by atoms with van der Waals surface area (Å²) >= 11 is 0. The molecule has 0 saturated heterocycles. The molecule has 5 nitrogen and oxygen atoms in total. The lowest BCUT2D eigenvalue weighted by Gasteiger charge is -2.29. The Labute approximate surface area is 191 Å². The molecule has 0 heterocycles. The zero-order valence-electron chi connectivity index (χ0n) is 19.8. The van der Waals surface area contributed by atoms with E-state index in [0.29, 0.717) is 12.3 Å². The molecule has 32 heavy (non-hydrogen) atoms. The zero-order valence-corrected chi connectivity index (χ0v) is 19.8. The Kier molecular flexibility index (Phi) is 9.24. The number of carbonyl (C=O) groups excluding carboxylic acids is 2. The minimum absolute atomic E-state index is 0.0286. The third-order valence-corrected chi connectivity index (χ3v) is 5.35. The molecule has 0 aliphatic rings. The molecule has 0 spiro atoms. The molecule has 0 aromatic heterocycles. The maximum Gasteiger partial charge on any atom is 0.261 e. The summed E-state index contributed by atoms with van der Waals surface area (Å²) in [5.74, 6) is -0.289. The van der Waals surface area contributed by atoms with Gasteiger partial charge in [0.05, 0.1) is 0 Å². The number of nitrogens with zero attached hydrogens (tertiary/aromatic N) is 1. The quantitative estimate of drug-likeness (QED) is 0.536. The fourth-order valence-electron chi connectivity index (χ4n) is 3.18. The molecule has 2 rings (SSSR count). The lowest BCUT2D eigenvalue weighted by molar-refractivity contribution is -0.142. The Morgan fingerprint density at radius 1 is 1.06 bits per heavy atom. The average molecular weight is 443 g/mol. The second-order valence-corrected chi connectivity index (χ2v) is 9.03. The first kappa shape index (κ1) is 25.4. The number of hydrogen-bond donors (Lipinski definition) is 1. The van der Waals surface area contributed by atoms with Crippen LogP contribution in [-0.4, -0.2) is 35.9 Å². The Hall–Kier alpha value is -2.89. The van der Waals surface area contributed by atoms with Gasteiger partial charge in [0.25, 0.3) is 5.91 Å². The number of carbonyl (C=O) groups is 2. The molecule has 0 saturated carbocycles. The third kappa shape index (κ3) is 7.66. The molecule has 0 unspecified atom stereocenters. The summed E-state index contributed by atoms with van der Waals surface area (Å²) in [6, 6.07) is 12.9. The smallest absolute Gasteiger partial charge is 0.261 e. The van der Waals surface area contributed by atoms with Crippen molar-refractivity contribution in [2.24, 2.45) is 0 Å². The number of amides is 2. The van der Waals surface area contributed by atoms with E-state index in [2.05, 4.69) is 26.1 Å². The highest BCUT2D eigenvalue weighted by Crippen LogP contribution is 2.24. The van der Waals surface area contributed by atoms with Gasteiger partial charge < -0.3 is 15.0 Å². The molecule has 0 radical (unpaired) electrons. The molecule has 1 N–H and O–H groups in total. The monoisotopic (exact) mass is 442 g/mol. The number of unbranched alkanes of at least 4 members (excludes halogenated alkanes) is 1. The van der Waals surface area contributed by atoms with E-state index in [4.69, 9.17) is 4.74 Å². The van der Waals surface area contributed by atoms with E-state index in [1.807, 2.05) is 31.2 Å². The highest BCUT2D eigenvalue weighted by molar-refractivity contribution is 5.87. The third-order valence-electron chi connectivity index (χ3n) is 5.35. The predicted molar refractivity (Wildman–Crippen MR) is 125 cm³/mol. The van der Waals surface area contributed by atoms with Gasteiger partial charge in [-0.1, -0.05) is 58.4 Å². The van der Waals surface area contributed by atoms with Crippen molar-refractivity contribution in [3.05, 3.63) is 65.5 Å². The van der Waals surface area contributed by atoms with Crippen molar-refractivity contribution in [3.63, 3.8) is 0 Å². The highest BCUT2D eigenvalue weighted by Gasteiger charge is 2.26. The molecule has 0 aliphatic heterocycles. The molecule has 0 bridgehead atoms. The van der Waals surface area contributed by atoms with Crippen LogP contribution in [0, 0.1) is 5.82 Å². The van der Waals surface area contributed by atoms with Gasteiger partial charge in [0.2, 0.25) is 5.91 Å². The second-order valence-electron chi connectivity index (χ2n) is 9.03. The fraction of sp³-hybridized carbons (Fsp3) is 0.462. The Balaban J connectivity index is 2.09. The van der Waals surface area contributed by atoms with Crippen LogP contribution in [0.5, 0.6) is 5.75 Å². The minimum Gasteiger partial charge on any atom is -0.484 e. The van der Waals surface area contributed by atoms with Gasteiger partial charge in [-0.2, -0.15) is 0 Å². The molecular formula is C26H35FN2O3. The number of ether oxygens (including phenoxy) is 1. The van der Waals surface area contributed by atoms with Gasteiger partial charge in [-0.15, -0.1) is 0 Å². The molecule has 2 amide bonds. The van der Waals surface area contributed by atoms with Crippen LogP contribution >= 0.6 is 0 Å². The van der Waals surface area contributed by atoms with Crippen molar-refractivity contribution in [2.75, 3.05) is 13.2 Å². The van der Waals surface area contributed by atoms with Crippen LogP contribution in [0.25, 0.3) is 0 Å². The van der Waals surface area contributed by atoms with Gasteiger partial charge in [0.15, 0.2) is 6.61 Å². The molecule has 2 aromatic carbocycles. The number of nitrogens with one attached hydrogen (secondary N) is 1. The van der Waals surface area contributed by atoms with Crippen LogP contribution in [-0.2, 0) is 21.5 Å². The maximum absolute atomic E-state index is 13.3. The summed E-state index contributed by atoms with van der Waals surface area (Å²) in [5, 5.41) is 2.87. The highest BCUT2D eigenvalue weighted by atomic mass is 19.1. The molecule has 1 atom stereocenters. The SMILES string of the molecule is CCCCNC(=O)[C@@H](C)N(Cc1ccc(F)cc1)C(=O)COc1ccc(C(C)(C)C)cc1. The van der Waals surface area contributed by atoms with Crippen molar-refractivity contribution in [1.29, 1.82) is 0 Å². The largest absolute Gasteiger partial charge is 0.484 e. The first-order valence-electron chi connectivity index (χ1n) is 11.2. The Morgan fingerprint density at radius 3 is 2.25 bits per heavy atom. The maximum atomic E-state index is 13.3. The Bertz CT molecular complexity index is 873. The van der Waals surface area contributed by atoms with Gasteiger partial charge in [0, 0.05) is 13.1 Å². The van der Waals surface area contributed by atoms with Crippen LogP contribution < -0.4 is 10.1 Å². The Morgan fingerprint density at radius 2 is 1.69 bits per heavy atom. The topological polar surface area (TPSA) is 58.6 Å². The average Bonchev–Trinajstić information content (AvgIpc) is 2.76. The van der Waals surface area contributed by atoms with Crippen LogP contribution in [0.2, 0.25) is 0 Å². The van der Waals surface area contributed by atoms with Crippen LogP contribution in [0.15, 0.2) is 48.5 Å².